The zero-order valence-corrected chi connectivity index (χ0v) is 19.3. The summed E-state index contributed by atoms with van der Waals surface area (Å²) in [6, 6.07) is 9.01. The number of carbonyl (C=O) groups is 2. The molecule has 1 aliphatic rings. The van der Waals surface area contributed by atoms with E-state index in [0.717, 1.165) is 0 Å². The molecule has 0 saturated carbocycles. The number of hydrogen-bond donors (Lipinski definition) is 1. The van der Waals surface area contributed by atoms with Crippen LogP contribution in [-0.4, -0.2) is 67.3 Å². The number of alkyl halides is 3. The maximum absolute atomic E-state index is 12.9. The summed E-state index contributed by atoms with van der Waals surface area (Å²) in [5.74, 6) is -1.27. The van der Waals surface area contributed by atoms with E-state index in [1.165, 1.54) is 39.8 Å². The van der Waals surface area contributed by atoms with Gasteiger partial charge in [-0.15, -0.1) is 0 Å². The van der Waals surface area contributed by atoms with Crippen LogP contribution in [0.25, 0.3) is 0 Å². The summed E-state index contributed by atoms with van der Waals surface area (Å²) < 4.78 is 63.5. The third-order valence-corrected chi connectivity index (χ3v) is 7.42. The summed E-state index contributed by atoms with van der Waals surface area (Å²) in [5.41, 5.74) is 0.795. The molecule has 34 heavy (non-hydrogen) atoms. The number of carbonyl (C=O) groups excluding carboxylic acids is 2. The van der Waals surface area contributed by atoms with Crippen LogP contribution in [-0.2, 0) is 21.4 Å². The van der Waals surface area contributed by atoms with Gasteiger partial charge in [-0.2, -0.15) is 17.5 Å². The minimum atomic E-state index is -4.49. The highest BCUT2D eigenvalue weighted by atomic mass is 32.2. The minimum absolute atomic E-state index is 0.0872. The molecule has 0 unspecified atom stereocenters. The number of rotatable bonds is 7. The van der Waals surface area contributed by atoms with E-state index in [1.54, 1.807) is 30.6 Å². The lowest BCUT2D eigenvalue weighted by Crippen LogP contribution is -2.43. The molecule has 3 rings (SSSR count). The highest BCUT2D eigenvalue weighted by Gasteiger charge is 2.33. The van der Waals surface area contributed by atoms with Crippen molar-refractivity contribution in [3.63, 3.8) is 0 Å². The number of benzene rings is 1. The Morgan fingerprint density at radius 1 is 1.15 bits per heavy atom. The fourth-order valence-corrected chi connectivity index (χ4v) is 5.13. The van der Waals surface area contributed by atoms with Gasteiger partial charge in [-0.25, -0.2) is 8.42 Å². The summed E-state index contributed by atoms with van der Waals surface area (Å²) >= 11 is 0. The molecule has 0 atom stereocenters. The van der Waals surface area contributed by atoms with Gasteiger partial charge < -0.3 is 10.2 Å². The third-order valence-electron chi connectivity index (χ3n) is 5.54. The number of pyridine rings is 1. The molecular formula is C22H25F3N4O4S. The van der Waals surface area contributed by atoms with Crippen molar-refractivity contribution in [1.82, 2.24) is 19.5 Å². The van der Waals surface area contributed by atoms with E-state index in [1.807, 2.05) is 0 Å². The normalized spacial score (nSPS) is 15.6. The molecule has 2 aromatic rings. The average Bonchev–Trinajstić information content (AvgIpc) is 2.82. The highest BCUT2D eigenvalue weighted by molar-refractivity contribution is 7.89. The quantitative estimate of drug-likeness (QED) is 0.632. The van der Waals surface area contributed by atoms with Crippen molar-refractivity contribution < 1.29 is 31.2 Å². The zero-order valence-electron chi connectivity index (χ0n) is 18.5. The van der Waals surface area contributed by atoms with E-state index in [0.29, 0.717) is 18.4 Å². The lowest BCUT2D eigenvalue weighted by molar-refractivity contribution is -0.136. The molecule has 1 aromatic heterocycles. The molecule has 1 saturated heterocycles. The zero-order chi connectivity index (χ0) is 24.9. The first-order chi connectivity index (χ1) is 16.0. The van der Waals surface area contributed by atoms with Gasteiger partial charge in [-0.1, -0.05) is 12.1 Å². The lowest BCUT2D eigenvalue weighted by atomic mass is 9.96. The number of piperidine rings is 1. The predicted octanol–water partition coefficient (Wildman–Crippen LogP) is 2.43. The Bertz CT molecular complexity index is 1100. The Labute approximate surface area is 195 Å². The molecular weight excluding hydrogens is 473 g/mol. The maximum Gasteiger partial charge on any atom is 0.405 e. The van der Waals surface area contributed by atoms with Gasteiger partial charge in [0.1, 0.15) is 11.4 Å². The molecule has 0 aliphatic carbocycles. The second kappa shape index (κ2) is 10.5. The van der Waals surface area contributed by atoms with Crippen LogP contribution < -0.4 is 5.32 Å². The van der Waals surface area contributed by atoms with Crippen LogP contribution in [0.4, 0.5) is 13.2 Å². The first kappa shape index (κ1) is 25.6. The van der Waals surface area contributed by atoms with Crippen LogP contribution >= 0.6 is 0 Å². The smallest absolute Gasteiger partial charge is 0.343 e. The van der Waals surface area contributed by atoms with Crippen molar-refractivity contribution in [2.45, 2.75) is 30.5 Å². The molecule has 0 radical (unpaired) electrons. The monoisotopic (exact) mass is 498 g/mol. The van der Waals surface area contributed by atoms with Crippen molar-refractivity contribution >= 4 is 21.8 Å². The Hall–Kier alpha value is -2.99. The van der Waals surface area contributed by atoms with Gasteiger partial charge in [0.05, 0.1) is 0 Å². The standard InChI is InChI=1S/C22H25F3N4O4S/c1-28(14-16-4-6-17(7-5-16)20(30)27-15-22(23,24)25)21(31)18-8-11-29(12-9-18)34(32,33)19-3-2-10-26-13-19/h2-7,10,13,18H,8-9,11-12,14-15H2,1H3,(H,27,30). The third kappa shape index (κ3) is 6.54. The van der Waals surface area contributed by atoms with E-state index in [4.69, 9.17) is 0 Å². The topological polar surface area (TPSA) is 99.7 Å². The largest absolute Gasteiger partial charge is 0.405 e. The Balaban J connectivity index is 1.52. The van der Waals surface area contributed by atoms with Crippen molar-refractivity contribution in [3.05, 3.63) is 59.9 Å². The number of hydrogen-bond acceptors (Lipinski definition) is 5. The molecule has 1 fully saturated rings. The number of nitrogens with one attached hydrogen (secondary N) is 1. The highest BCUT2D eigenvalue weighted by Crippen LogP contribution is 2.25. The second-order valence-corrected chi connectivity index (χ2v) is 9.99. The van der Waals surface area contributed by atoms with E-state index in [9.17, 15) is 31.2 Å². The molecule has 184 valence electrons. The second-order valence-electron chi connectivity index (χ2n) is 8.06. The molecule has 1 aliphatic heterocycles. The first-order valence-electron chi connectivity index (χ1n) is 10.6. The van der Waals surface area contributed by atoms with Gasteiger partial charge >= 0.3 is 6.18 Å². The van der Waals surface area contributed by atoms with Gasteiger partial charge in [0.25, 0.3) is 5.91 Å². The minimum Gasteiger partial charge on any atom is -0.343 e. The van der Waals surface area contributed by atoms with Gasteiger partial charge in [-0.05, 0) is 42.7 Å². The van der Waals surface area contributed by atoms with E-state index in [-0.39, 0.29) is 41.9 Å². The Morgan fingerprint density at radius 3 is 2.35 bits per heavy atom. The number of aromatic nitrogens is 1. The van der Waals surface area contributed by atoms with Gasteiger partial charge in [0.15, 0.2) is 0 Å². The predicted molar refractivity (Wildman–Crippen MR) is 117 cm³/mol. The summed E-state index contributed by atoms with van der Waals surface area (Å²) in [5, 5.41) is 1.81. The van der Waals surface area contributed by atoms with Crippen LogP contribution in [0.1, 0.15) is 28.8 Å². The van der Waals surface area contributed by atoms with E-state index >= 15 is 0 Å². The lowest BCUT2D eigenvalue weighted by Gasteiger charge is -2.32. The van der Waals surface area contributed by atoms with Crippen molar-refractivity contribution in [2.75, 3.05) is 26.7 Å². The van der Waals surface area contributed by atoms with Crippen LogP contribution in [0.3, 0.4) is 0 Å². The number of halogens is 3. The van der Waals surface area contributed by atoms with Crippen LogP contribution in [0.2, 0.25) is 0 Å². The number of nitrogens with zero attached hydrogens (tertiary/aromatic N) is 3. The Kier molecular flexibility index (Phi) is 7.93. The molecule has 2 heterocycles. The molecule has 12 heteroatoms. The van der Waals surface area contributed by atoms with E-state index in [2.05, 4.69) is 4.98 Å². The molecule has 1 N–H and O–H groups in total. The number of amides is 2. The first-order valence-corrected chi connectivity index (χ1v) is 12.0. The summed E-state index contributed by atoms with van der Waals surface area (Å²) in [6.45, 7) is -0.711. The Morgan fingerprint density at radius 2 is 1.79 bits per heavy atom. The van der Waals surface area contributed by atoms with Crippen molar-refractivity contribution in [3.8, 4) is 0 Å². The molecule has 0 bridgehead atoms. The van der Waals surface area contributed by atoms with Crippen molar-refractivity contribution in [2.24, 2.45) is 5.92 Å². The summed E-state index contributed by atoms with van der Waals surface area (Å²) in [6.07, 6.45) is -0.915. The van der Waals surface area contributed by atoms with Gasteiger partial charge in [-0.3, -0.25) is 14.6 Å². The summed E-state index contributed by atoms with van der Waals surface area (Å²) in [4.78, 5) is 30.2. The fraction of sp³-hybridized carbons (Fsp3) is 0.409. The summed E-state index contributed by atoms with van der Waals surface area (Å²) in [7, 11) is -2.02. The van der Waals surface area contributed by atoms with Crippen molar-refractivity contribution in [1.29, 1.82) is 0 Å². The molecule has 1 aromatic carbocycles. The maximum atomic E-state index is 12.9. The van der Waals surface area contributed by atoms with Crippen LogP contribution in [0.15, 0.2) is 53.7 Å². The molecule has 0 spiro atoms. The average molecular weight is 499 g/mol. The van der Waals surface area contributed by atoms with Crippen LogP contribution in [0.5, 0.6) is 0 Å². The van der Waals surface area contributed by atoms with E-state index < -0.39 is 28.7 Å². The molecule has 2 amide bonds. The molecule has 8 nitrogen and oxygen atoms in total. The number of sulfonamides is 1. The van der Waals surface area contributed by atoms with Gasteiger partial charge in [0.2, 0.25) is 15.9 Å². The SMILES string of the molecule is CN(Cc1ccc(C(=O)NCC(F)(F)F)cc1)C(=O)C1CCN(S(=O)(=O)c2cccnc2)CC1. The van der Waals surface area contributed by atoms with Crippen LogP contribution in [0, 0.1) is 5.92 Å². The fourth-order valence-electron chi connectivity index (χ4n) is 3.70. The van der Waals surface area contributed by atoms with Gasteiger partial charge in [0, 0.05) is 50.6 Å².